The Bertz CT molecular complexity index is 843. The van der Waals surface area contributed by atoms with Crippen molar-refractivity contribution < 1.29 is 17.5 Å². The van der Waals surface area contributed by atoms with Gasteiger partial charge in [-0.05, 0) is 38.0 Å². The number of methoxy groups -OCH3 is 1. The summed E-state index contributed by atoms with van der Waals surface area (Å²) in [6, 6.07) is 3.74. The summed E-state index contributed by atoms with van der Waals surface area (Å²) in [5.74, 6) is 0.608. The van der Waals surface area contributed by atoms with Crippen LogP contribution in [0.15, 0.2) is 35.5 Å². The van der Waals surface area contributed by atoms with Crippen LogP contribution < -0.4 is 4.74 Å². The van der Waals surface area contributed by atoms with Crippen molar-refractivity contribution in [1.82, 2.24) is 13.9 Å². The van der Waals surface area contributed by atoms with Crippen molar-refractivity contribution in [3.63, 3.8) is 0 Å². The molecule has 6 nitrogen and oxygen atoms in total. The second-order valence-electron chi connectivity index (χ2n) is 6.05. The molecule has 2 heterocycles. The highest BCUT2D eigenvalue weighted by Crippen LogP contribution is 2.31. The molecule has 1 aliphatic heterocycles. The molecule has 0 aliphatic carbocycles. The number of sulfonamides is 1. The lowest BCUT2D eigenvalue weighted by Crippen LogP contribution is -2.38. The second-order valence-corrected chi connectivity index (χ2v) is 7.98. The summed E-state index contributed by atoms with van der Waals surface area (Å²) in [5.41, 5.74) is 0. The third-order valence-electron chi connectivity index (χ3n) is 4.67. The van der Waals surface area contributed by atoms with E-state index in [2.05, 4.69) is 16.5 Å². The van der Waals surface area contributed by atoms with Gasteiger partial charge in [-0.3, -0.25) is 0 Å². The first-order chi connectivity index (χ1) is 12.0. The quantitative estimate of drug-likeness (QED) is 0.815. The predicted molar refractivity (Wildman–Crippen MR) is 91.6 cm³/mol. The highest BCUT2D eigenvalue weighted by atomic mass is 32.2. The van der Waals surface area contributed by atoms with Crippen molar-refractivity contribution in [2.45, 2.75) is 37.1 Å². The van der Waals surface area contributed by atoms with Crippen LogP contribution in [-0.4, -0.2) is 42.5 Å². The first-order valence-electron chi connectivity index (χ1n) is 8.32. The SMILES string of the molecule is CCn1ccnc1C1CCN(S(=O)(=O)c2ccc(OC)c(F)c2)CC1. The molecule has 8 heteroatoms. The third kappa shape index (κ3) is 3.41. The molecular formula is C17H22FN3O3S. The van der Waals surface area contributed by atoms with E-state index in [-0.39, 0.29) is 16.6 Å². The van der Waals surface area contributed by atoms with Crippen LogP contribution in [0.2, 0.25) is 0 Å². The van der Waals surface area contributed by atoms with Crippen LogP contribution in [0.5, 0.6) is 5.75 Å². The number of aryl methyl sites for hydroxylation is 1. The van der Waals surface area contributed by atoms with Gasteiger partial charge in [0.1, 0.15) is 5.82 Å². The van der Waals surface area contributed by atoms with E-state index in [9.17, 15) is 12.8 Å². The third-order valence-corrected chi connectivity index (χ3v) is 6.56. The van der Waals surface area contributed by atoms with Gasteiger partial charge in [0.05, 0.1) is 12.0 Å². The van der Waals surface area contributed by atoms with Gasteiger partial charge in [-0.1, -0.05) is 0 Å². The average Bonchev–Trinajstić information content (AvgIpc) is 3.10. The molecule has 0 unspecified atom stereocenters. The van der Waals surface area contributed by atoms with Crippen molar-refractivity contribution >= 4 is 10.0 Å². The normalized spacial score (nSPS) is 16.9. The molecule has 0 spiro atoms. The van der Waals surface area contributed by atoms with Crippen molar-refractivity contribution in [2.24, 2.45) is 0 Å². The number of aromatic nitrogens is 2. The van der Waals surface area contributed by atoms with Gasteiger partial charge in [0, 0.05) is 37.9 Å². The molecule has 0 radical (unpaired) electrons. The monoisotopic (exact) mass is 367 g/mol. The van der Waals surface area contributed by atoms with E-state index >= 15 is 0 Å². The zero-order valence-electron chi connectivity index (χ0n) is 14.4. The fraction of sp³-hybridized carbons (Fsp3) is 0.471. The van der Waals surface area contributed by atoms with E-state index in [1.807, 2.05) is 6.20 Å². The largest absolute Gasteiger partial charge is 0.494 e. The maximum atomic E-state index is 13.9. The van der Waals surface area contributed by atoms with E-state index in [0.717, 1.165) is 18.4 Å². The zero-order valence-corrected chi connectivity index (χ0v) is 15.2. The number of nitrogens with zero attached hydrogens (tertiary/aromatic N) is 3. The molecule has 0 bridgehead atoms. The minimum absolute atomic E-state index is 0.0315. The number of hydrogen-bond donors (Lipinski definition) is 0. The summed E-state index contributed by atoms with van der Waals surface area (Å²) in [6.45, 7) is 3.70. The standard InChI is InChI=1S/C17H22FN3O3S/c1-3-20-11-8-19-17(20)13-6-9-21(10-7-13)25(22,23)14-4-5-16(24-2)15(18)12-14/h4-5,8,11-13H,3,6-7,9-10H2,1-2H3. The van der Waals surface area contributed by atoms with Crippen LogP contribution in [0.4, 0.5) is 4.39 Å². The molecule has 1 saturated heterocycles. The Morgan fingerprint density at radius 2 is 2.04 bits per heavy atom. The van der Waals surface area contributed by atoms with E-state index in [0.29, 0.717) is 25.9 Å². The van der Waals surface area contributed by atoms with Gasteiger partial charge >= 0.3 is 0 Å². The molecule has 1 aliphatic rings. The van der Waals surface area contributed by atoms with Crippen LogP contribution in [-0.2, 0) is 16.6 Å². The number of benzene rings is 1. The molecule has 1 aromatic heterocycles. The highest BCUT2D eigenvalue weighted by molar-refractivity contribution is 7.89. The van der Waals surface area contributed by atoms with Crippen LogP contribution in [0.1, 0.15) is 31.5 Å². The van der Waals surface area contributed by atoms with E-state index in [1.165, 1.54) is 23.5 Å². The molecule has 0 atom stereocenters. The molecule has 3 rings (SSSR count). The average molecular weight is 367 g/mol. The highest BCUT2D eigenvalue weighted by Gasteiger charge is 2.31. The number of rotatable bonds is 5. The molecule has 25 heavy (non-hydrogen) atoms. The van der Waals surface area contributed by atoms with Crippen molar-refractivity contribution in [3.05, 3.63) is 42.2 Å². The van der Waals surface area contributed by atoms with Gasteiger partial charge in [0.15, 0.2) is 11.6 Å². The van der Waals surface area contributed by atoms with Crippen LogP contribution in [0.25, 0.3) is 0 Å². The lowest BCUT2D eigenvalue weighted by molar-refractivity contribution is 0.309. The minimum Gasteiger partial charge on any atom is -0.494 e. The number of ether oxygens (including phenoxy) is 1. The fourth-order valence-corrected chi connectivity index (χ4v) is 4.74. The van der Waals surface area contributed by atoms with Gasteiger partial charge in [-0.25, -0.2) is 17.8 Å². The molecule has 0 N–H and O–H groups in total. The van der Waals surface area contributed by atoms with Crippen LogP contribution in [0.3, 0.4) is 0 Å². The Morgan fingerprint density at radius 3 is 2.64 bits per heavy atom. The number of hydrogen-bond acceptors (Lipinski definition) is 4. The molecule has 1 fully saturated rings. The zero-order chi connectivity index (χ0) is 18.0. The maximum Gasteiger partial charge on any atom is 0.243 e. The van der Waals surface area contributed by atoms with Crippen molar-refractivity contribution in [2.75, 3.05) is 20.2 Å². The molecule has 136 valence electrons. The smallest absolute Gasteiger partial charge is 0.243 e. The van der Waals surface area contributed by atoms with E-state index in [1.54, 1.807) is 6.20 Å². The van der Waals surface area contributed by atoms with Gasteiger partial charge in [0.2, 0.25) is 10.0 Å². The minimum atomic E-state index is -3.71. The van der Waals surface area contributed by atoms with Crippen LogP contribution >= 0.6 is 0 Å². The first kappa shape index (κ1) is 17.9. The topological polar surface area (TPSA) is 64.4 Å². The Balaban J connectivity index is 1.74. The Labute approximate surface area is 147 Å². The molecule has 0 amide bonds. The Hall–Kier alpha value is -1.93. The van der Waals surface area contributed by atoms with E-state index < -0.39 is 15.8 Å². The van der Waals surface area contributed by atoms with E-state index in [4.69, 9.17) is 4.74 Å². The van der Waals surface area contributed by atoms with Gasteiger partial charge in [-0.2, -0.15) is 4.31 Å². The Morgan fingerprint density at radius 1 is 1.32 bits per heavy atom. The fourth-order valence-electron chi connectivity index (χ4n) is 3.26. The summed E-state index contributed by atoms with van der Waals surface area (Å²) in [6.07, 6.45) is 5.13. The number of imidazole rings is 1. The maximum absolute atomic E-state index is 13.9. The summed E-state index contributed by atoms with van der Waals surface area (Å²) in [7, 11) is -2.36. The number of halogens is 1. The summed E-state index contributed by atoms with van der Waals surface area (Å²) in [4.78, 5) is 4.38. The summed E-state index contributed by atoms with van der Waals surface area (Å²) >= 11 is 0. The predicted octanol–water partition coefficient (Wildman–Crippen LogP) is 2.62. The van der Waals surface area contributed by atoms with Crippen molar-refractivity contribution in [3.8, 4) is 5.75 Å². The molecule has 2 aromatic rings. The van der Waals surface area contributed by atoms with Gasteiger partial charge in [0.25, 0.3) is 0 Å². The molecule has 0 saturated carbocycles. The van der Waals surface area contributed by atoms with Gasteiger partial charge in [-0.15, -0.1) is 0 Å². The molecule has 1 aromatic carbocycles. The first-order valence-corrected chi connectivity index (χ1v) is 9.76. The van der Waals surface area contributed by atoms with Crippen LogP contribution in [0, 0.1) is 5.82 Å². The second kappa shape index (κ2) is 7.13. The molecular weight excluding hydrogens is 345 g/mol. The van der Waals surface area contributed by atoms with Crippen molar-refractivity contribution in [1.29, 1.82) is 0 Å². The number of piperidine rings is 1. The Kier molecular flexibility index (Phi) is 5.10. The lowest BCUT2D eigenvalue weighted by atomic mass is 9.97. The lowest BCUT2D eigenvalue weighted by Gasteiger charge is -2.31. The summed E-state index contributed by atoms with van der Waals surface area (Å²) < 4.78 is 47.7. The van der Waals surface area contributed by atoms with Gasteiger partial charge < -0.3 is 9.30 Å². The summed E-state index contributed by atoms with van der Waals surface area (Å²) in [5, 5.41) is 0.